The third-order valence-electron chi connectivity index (χ3n) is 3.67. The molecule has 0 aromatic rings. The van der Waals surface area contributed by atoms with Gasteiger partial charge >= 0.3 is 0 Å². The maximum atomic E-state index is 11.4. The van der Waals surface area contributed by atoms with Crippen molar-refractivity contribution in [3.63, 3.8) is 0 Å². The zero-order valence-electron chi connectivity index (χ0n) is 14.4. The van der Waals surface area contributed by atoms with Gasteiger partial charge < -0.3 is 9.80 Å². The topological polar surface area (TPSA) is 132 Å². The Balaban J connectivity index is 4.45. The van der Waals surface area contributed by atoms with E-state index >= 15 is 0 Å². The highest BCUT2D eigenvalue weighted by Crippen LogP contribution is 2.09. The maximum Gasteiger partial charge on any atom is 0.265 e. The average Bonchev–Trinajstić information content (AvgIpc) is 2.46. The molecule has 2 N–H and O–H groups in total. The van der Waals surface area contributed by atoms with Gasteiger partial charge in [-0.3, -0.25) is 9.35 Å². The number of hydrogen-bond acceptors (Lipinski definition) is 4. The van der Waals surface area contributed by atoms with Crippen LogP contribution in [0.2, 0.25) is 0 Å². The lowest BCUT2D eigenvalue weighted by atomic mass is 10.2. The molecule has 24 heavy (non-hydrogen) atoms. The van der Waals surface area contributed by atoms with E-state index < -0.39 is 10.1 Å². The number of hydrogen-bond donors (Lipinski definition) is 2. The number of amides is 1. The van der Waals surface area contributed by atoms with Crippen molar-refractivity contribution in [1.82, 2.24) is 5.32 Å². The summed E-state index contributed by atoms with van der Waals surface area (Å²) in [4.78, 5) is 14.1. The number of carbonyl (C=O) groups excluding carboxylic acids is 1. The third-order valence-corrected chi connectivity index (χ3v) is 4.47. The molecule has 0 aliphatic rings. The molecule has 0 spiro atoms. The standard InChI is InChI=1S/C14H27N5O4S/c1-13(2)14(20)16-7-4-9-19(3,10-5-8-17-18-15)11-6-12-24(21,22)23/h1,4-12H2,2-3H3,(H-,16,20,21,22,23)/p+1. The summed E-state index contributed by atoms with van der Waals surface area (Å²) in [6.07, 6.45) is 1.75. The number of azide groups is 1. The predicted octanol–water partition coefficient (Wildman–Crippen LogP) is 1.49. The fraction of sp³-hybridized carbons (Fsp3) is 0.786. The minimum atomic E-state index is -3.96. The number of nitrogens with one attached hydrogen (secondary N) is 1. The molecule has 0 radical (unpaired) electrons. The summed E-state index contributed by atoms with van der Waals surface area (Å²) in [5.74, 6) is -0.456. The third kappa shape index (κ3) is 11.9. The van der Waals surface area contributed by atoms with Crippen molar-refractivity contribution in [3.8, 4) is 0 Å². The Morgan fingerprint density at radius 3 is 2.42 bits per heavy atom. The van der Waals surface area contributed by atoms with E-state index in [-0.39, 0.29) is 11.7 Å². The quantitative estimate of drug-likeness (QED) is 0.0976. The number of carbonyl (C=O) groups is 1. The van der Waals surface area contributed by atoms with Gasteiger partial charge in [-0.2, -0.15) is 8.42 Å². The summed E-state index contributed by atoms with van der Waals surface area (Å²) in [5, 5.41) is 6.26. The van der Waals surface area contributed by atoms with Crippen molar-refractivity contribution in [2.24, 2.45) is 5.11 Å². The molecule has 0 rings (SSSR count). The molecule has 0 aromatic carbocycles. The molecule has 0 saturated heterocycles. The molecule has 1 unspecified atom stereocenters. The van der Waals surface area contributed by atoms with E-state index in [1.807, 2.05) is 7.05 Å². The lowest BCUT2D eigenvalue weighted by Gasteiger charge is -2.34. The van der Waals surface area contributed by atoms with E-state index in [4.69, 9.17) is 10.1 Å². The van der Waals surface area contributed by atoms with Gasteiger partial charge in [0.05, 0.1) is 32.4 Å². The van der Waals surface area contributed by atoms with Gasteiger partial charge in [-0.05, 0) is 12.5 Å². The molecule has 0 aliphatic heterocycles. The molecule has 0 bridgehead atoms. The fourth-order valence-electron chi connectivity index (χ4n) is 2.35. The van der Waals surface area contributed by atoms with Gasteiger partial charge in [0.1, 0.15) is 0 Å². The van der Waals surface area contributed by atoms with Crippen molar-refractivity contribution in [1.29, 1.82) is 0 Å². The summed E-state index contributed by atoms with van der Waals surface area (Å²) < 4.78 is 31.1. The van der Waals surface area contributed by atoms with Crippen LogP contribution in [0, 0.1) is 0 Å². The van der Waals surface area contributed by atoms with Gasteiger partial charge in [0.15, 0.2) is 0 Å². The van der Waals surface area contributed by atoms with Crippen LogP contribution in [0.25, 0.3) is 10.4 Å². The summed E-state index contributed by atoms with van der Waals surface area (Å²) >= 11 is 0. The lowest BCUT2D eigenvalue weighted by Crippen LogP contribution is -2.47. The number of rotatable bonds is 13. The summed E-state index contributed by atoms with van der Waals surface area (Å²) in [7, 11) is -1.98. The normalized spacial score (nSPS) is 13.6. The Bertz CT molecular complexity index is 572. The number of quaternary nitrogens is 1. The van der Waals surface area contributed by atoms with E-state index in [2.05, 4.69) is 21.9 Å². The largest absolute Gasteiger partial charge is 0.352 e. The molecular weight excluding hydrogens is 334 g/mol. The molecule has 0 aliphatic carbocycles. The Morgan fingerprint density at radius 1 is 1.29 bits per heavy atom. The highest BCUT2D eigenvalue weighted by atomic mass is 32.2. The van der Waals surface area contributed by atoms with Crippen molar-refractivity contribution in [2.45, 2.75) is 26.2 Å². The first-order chi connectivity index (χ1) is 11.1. The summed E-state index contributed by atoms with van der Waals surface area (Å²) in [6.45, 7) is 8.13. The molecule has 1 atom stereocenters. The molecule has 0 saturated carbocycles. The van der Waals surface area contributed by atoms with E-state index in [9.17, 15) is 13.2 Å². The van der Waals surface area contributed by atoms with Gasteiger partial charge in [0.2, 0.25) is 5.91 Å². The van der Waals surface area contributed by atoms with Gasteiger partial charge in [-0.25, -0.2) is 0 Å². The van der Waals surface area contributed by atoms with E-state index in [0.717, 1.165) is 19.5 Å². The van der Waals surface area contributed by atoms with Gasteiger partial charge in [0, 0.05) is 42.8 Å². The first kappa shape index (κ1) is 22.4. The van der Waals surface area contributed by atoms with Crippen molar-refractivity contribution < 1.29 is 22.2 Å². The Hall–Kier alpha value is -1.61. The monoisotopic (exact) mass is 362 g/mol. The van der Waals surface area contributed by atoms with Crippen LogP contribution < -0.4 is 5.32 Å². The average molecular weight is 362 g/mol. The zero-order valence-corrected chi connectivity index (χ0v) is 15.3. The van der Waals surface area contributed by atoms with E-state index in [0.29, 0.717) is 42.5 Å². The second-order valence-electron chi connectivity index (χ2n) is 6.13. The Kier molecular flexibility index (Phi) is 10.3. The first-order valence-electron chi connectivity index (χ1n) is 7.83. The van der Waals surface area contributed by atoms with Crippen molar-refractivity contribution >= 4 is 16.0 Å². The molecule has 9 nitrogen and oxygen atoms in total. The smallest absolute Gasteiger partial charge is 0.265 e. The molecule has 10 heteroatoms. The lowest BCUT2D eigenvalue weighted by molar-refractivity contribution is -0.909. The van der Waals surface area contributed by atoms with Gasteiger partial charge in [-0.15, -0.1) is 0 Å². The van der Waals surface area contributed by atoms with Crippen LogP contribution in [0.15, 0.2) is 17.3 Å². The van der Waals surface area contributed by atoms with Crippen molar-refractivity contribution in [3.05, 3.63) is 22.6 Å². The van der Waals surface area contributed by atoms with Crippen LogP contribution in [-0.4, -0.2) is 68.9 Å². The highest BCUT2D eigenvalue weighted by Gasteiger charge is 2.21. The van der Waals surface area contributed by atoms with Crippen LogP contribution in [0.1, 0.15) is 26.2 Å². The van der Waals surface area contributed by atoms with Crippen LogP contribution in [-0.2, 0) is 14.9 Å². The van der Waals surface area contributed by atoms with Crippen LogP contribution >= 0.6 is 0 Å². The highest BCUT2D eigenvalue weighted by molar-refractivity contribution is 7.85. The SMILES string of the molecule is C=C(C)C(=O)NCCC[N+](C)(CCCN=[N+]=[N-])CCCS(=O)(=O)O. The first-order valence-corrected chi connectivity index (χ1v) is 9.44. The second kappa shape index (κ2) is 11.0. The van der Waals surface area contributed by atoms with E-state index in [1.165, 1.54) is 0 Å². The zero-order chi connectivity index (χ0) is 18.6. The molecule has 1 amide bonds. The van der Waals surface area contributed by atoms with Crippen LogP contribution in [0.4, 0.5) is 0 Å². The number of nitrogens with zero attached hydrogens (tertiary/aromatic N) is 4. The molecule has 0 fully saturated rings. The minimum absolute atomic E-state index is 0.182. The summed E-state index contributed by atoms with van der Waals surface area (Å²) in [5.41, 5.74) is 8.76. The maximum absolute atomic E-state index is 11.4. The molecule has 0 aromatic heterocycles. The fourth-order valence-corrected chi connectivity index (χ4v) is 2.84. The molecule has 0 heterocycles. The summed E-state index contributed by atoms with van der Waals surface area (Å²) in [6, 6.07) is 0. The van der Waals surface area contributed by atoms with Crippen LogP contribution in [0.5, 0.6) is 0 Å². The van der Waals surface area contributed by atoms with E-state index in [1.54, 1.807) is 6.92 Å². The second-order valence-corrected chi connectivity index (χ2v) is 7.70. The van der Waals surface area contributed by atoms with Gasteiger partial charge in [-0.1, -0.05) is 11.7 Å². The van der Waals surface area contributed by atoms with Crippen LogP contribution in [0.3, 0.4) is 0 Å². The molecular formula is C14H28N5O4S+. The Labute approximate surface area is 143 Å². The minimum Gasteiger partial charge on any atom is -0.352 e. The molecule has 138 valence electrons. The Morgan fingerprint density at radius 2 is 1.88 bits per heavy atom. The van der Waals surface area contributed by atoms with Gasteiger partial charge in [0.25, 0.3) is 10.1 Å². The predicted molar refractivity (Wildman–Crippen MR) is 92.9 cm³/mol. The van der Waals surface area contributed by atoms with Crippen molar-refractivity contribution in [2.75, 3.05) is 45.5 Å².